The van der Waals surface area contributed by atoms with E-state index in [0.29, 0.717) is 11.3 Å². The number of hydrogen-bond donors (Lipinski definition) is 1. The van der Waals surface area contributed by atoms with Crippen molar-refractivity contribution in [2.75, 3.05) is 10.2 Å². The Morgan fingerprint density at radius 1 is 0.903 bits per heavy atom. The maximum Gasteiger partial charge on any atom is 0.282 e. The molecule has 0 aliphatic carbocycles. The summed E-state index contributed by atoms with van der Waals surface area (Å²) in [6, 6.07) is 19.4. The molecule has 1 aliphatic rings. The van der Waals surface area contributed by atoms with Gasteiger partial charge in [0.25, 0.3) is 17.5 Å². The van der Waals surface area contributed by atoms with Crippen molar-refractivity contribution in [2.24, 2.45) is 0 Å². The molecule has 4 rings (SSSR count). The van der Waals surface area contributed by atoms with Gasteiger partial charge in [-0.2, -0.15) is 0 Å². The highest BCUT2D eigenvalue weighted by atomic mass is 35.5. The second-order valence-corrected chi connectivity index (χ2v) is 7.35. The summed E-state index contributed by atoms with van der Waals surface area (Å²) < 4.78 is 0. The Balaban J connectivity index is 1.83. The fourth-order valence-corrected chi connectivity index (χ4v) is 3.52. The molecule has 1 N–H and O–H groups in total. The molecule has 1 aliphatic heterocycles. The van der Waals surface area contributed by atoms with Crippen LogP contribution in [0, 0.1) is 17.0 Å². The summed E-state index contributed by atoms with van der Waals surface area (Å²) in [7, 11) is 0. The van der Waals surface area contributed by atoms with Gasteiger partial charge in [-0.15, -0.1) is 0 Å². The van der Waals surface area contributed by atoms with Crippen LogP contribution in [0.2, 0.25) is 5.02 Å². The van der Waals surface area contributed by atoms with Crippen LogP contribution < -0.4 is 10.2 Å². The van der Waals surface area contributed by atoms with Crippen molar-refractivity contribution in [1.29, 1.82) is 0 Å². The smallest absolute Gasteiger partial charge is 0.282 e. The number of carbonyl (C=O) groups is 2. The molecule has 7 nitrogen and oxygen atoms in total. The molecule has 0 radical (unpaired) electrons. The molecule has 154 valence electrons. The Hall–Kier alpha value is -3.97. The molecule has 8 heteroatoms. The number of anilines is 2. The second kappa shape index (κ2) is 8.04. The highest BCUT2D eigenvalue weighted by Crippen LogP contribution is 2.37. The summed E-state index contributed by atoms with van der Waals surface area (Å²) >= 11 is 6.25. The number of benzene rings is 3. The number of halogens is 1. The number of imide groups is 1. The quantitative estimate of drug-likeness (QED) is 0.349. The summed E-state index contributed by atoms with van der Waals surface area (Å²) in [6.07, 6.45) is 0. The average Bonchev–Trinajstić information content (AvgIpc) is 3.00. The van der Waals surface area contributed by atoms with Gasteiger partial charge >= 0.3 is 0 Å². The lowest BCUT2D eigenvalue weighted by Gasteiger charge is -2.16. The largest absolute Gasteiger partial charge is 0.350 e. The van der Waals surface area contributed by atoms with Crippen molar-refractivity contribution in [3.63, 3.8) is 0 Å². The molecule has 3 aromatic carbocycles. The van der Waals surface area contributed by atoms with Gasteiger partial charge in [-0.05, 0) is 48.9 Å². The summed E-state index contributed by atoms with van der Waals surface area (Å²) in [5, 5.41) is 14.3. The van der Waals surface area contributed by atoms with E-state index in [2.05, 4.69) is 5.32 Å². The minimum Gasteiger partial charge on any atom is -0.350 e. The fraction of sp³-hybridized carbons (Fsp3) is 0.0435. The Bertz CT molecular complexity index is 1230. The zero-order chi connectivity index (χ0) is 22.1. The highest BCUT2D eigenvalue weighted by molar-refractivity contribution is 6.48. The summed E-state index contributed by atoms with van der Waals surface area (Å²) in [5.41, 5.74) is 2.39. The molecule has 0 fully saturated rings. The number of carbonyl (C=O) groups excluding carboxylic acids is 2. The molecule has 0 unspecified atom stereocenters. The number of hydrogen-bond acceptors (Lipinski definition) is 5. The van der Waals surface area contributed by atoms with Crippen LogP contribution in [0.3, 0.4) is 0 Å². The zero-order valence-electron chi connectivity index (χ0n) is 16.3. The highest BCUT2D eigenvalue weighted by Gasteiger charge is 2.41. The van der Waals surface area contributed by atoms with Crippen LogP contribution in [0.15, 0.2) is 78.5 Å². The van der Waals surface area contributed by atoms with Crippen LogP contribution in [0.25, 0.3) is 5.57 Å². The molecule has 3 aromatic rings. The number of amides is 2. The van der Waals surface area contributed by atoms with E-state index in [1.165, 1.54) is 24.3 Å². The maximum absolute atomic E-state index is 13.4. The Morgan fingerprint density at radius 3 is 2.16 bits per heavy atom. The number of nitrogens with zero attached hydrogens (tertiary/aromatic N) is 2. The van der Waals surface area contributed by atoms with Gasteiger partial charge in [0.15, 0.2) is 0 Å². The molecule has 2 amide bonds. The first kappa shape index (κ1) is 20.3. The number of para-hydroxylation sites is 1. The van der Waals surface area contributed by atoms with Crippen molar-refractivity contribution in [1.82, 2.24) is 0 Å². The maximum atomic E-state index is 13.4. The van der Waals surface area contributed by atoms with Crippen molar-refractivity contribution >= 4 is 46.1 Å². The van der Waals surface area contributed by atoms with E-state index < -0.39 is 16.7 Å². The van der Waals surface area contributed by atoms with Gasteiger partial charge in [0.2, 0.25) is 0 Å². The third-order valence-corrected chi connectivity index (χ3v) is 5.18. The summed E-state index contributed by atoms with van der Waals surface area (Å²) in [5.74, 6) is -1.13. The van der Waals surface area contributed by atoms with Crippen LogP contribution in [-0.2, 0) is 9.59 Å². The van der Waals surface area contributed by atoms with Crippen LogP contribution in [0.4, 0.5) is 17.1 Å². The van der Waals surface area contributed by atoms with E-state index in [4.69, 9.17) is 11.6 Å². The topological polar surface area (TPSA) is 92.6 Å². The van der Waals surface area contributed by atoms with Gasteiger partial charge in [0.1, 0.15) is 5.70 Å². The third-order valence-electron chi connectivity index (χ3n) is 4.86. The van der Waals surface area contributed by atoms with Gasteiger partial charge in [-0.3, -0.25) is 19.7 Å². The van der Waals surface area contributed by atoms with Gasteiger partial charge < -0.3 is 5.32 Å². The summed E-state index contributed by atoms with van der Waals surface area (Å²) in [6.45, 7) is 1.94. The second-order valence-electron chi connectivity index (χ2n) is 6.94. The van der Waals surface area contributed by atoms with E-state index in [-0.39, 0.29) is 27.7 Å². The normalized spacial score (nSPS) is 13.7. The first-order valence-electron chi connectivity index (χ1n) is 9.33. The molecule has 0 bridgehead atoms. The Labute approximate surface area is 182 Å². The third kappa shape index (κ3) is 3.78. The molecule has 0 saturated heterocycles. The van der Waals surface area contributed by atoms with E-state index in [9.17, 15) is 19.7 Å². The standard InChI is InChI=1S/C23H16ClN3O4/c1-14-6-10-16(11-7-14)25-21-20(15-8-12-17(13-9-15)27(30)31)22(28)26(23(21)29)19-5-3-2-4-18(19)24/h2-13,25H,1H3. The molecule has 0 spiro atoms. The van der Waals surface area contributed by atoms with Crippen molar-refractivity contribution in [2.45, 2.75) is 6.92 Å². The average molecular weight is 434 g/mol. The minimum atomic E-state index is -0.568. The molecule has 0 atom stereocenters. The van der Waals surface area contributed by atoms with Crippen LogP contribution in [-0.4, -0.2) is 16.7 Å². The molecular weight excluding hydrogens is 418 g/mol. The number of nitro benzene ring substituents is 1. The first-order valence-corrected chi connectivity index (χ1v) is 9.70. The zero-order valence-corrected chi connectivity index (χ0v) is 17.1. The number of aryl methyl sites for hydroxylation is 1. The molecule has 0 saturated carbocycles. The lowest BCUT2D eigenvalue weighted by atomic mass is 10.0. The van der Waals surface area contributed by atoms with E-state index in [1.54, 1.807) is 36.4 Å². The predicted octanol–water partition coefficient (Wildman–Crippen LogP) is 4.95. The lowest BCUT2D eigenvalue weighted by molar-refractivity contribution is -0.384. The van der Waals surface area contributed by atoms with Crippen molar-refractivity contribution in [3.8, 4) is 0 Å². The number of rotatable bonds is 5. The number of nitro groups is 1. The molecule has 31 heavy (non-hydrogen) atoms. The molecule has 1 heterocycles. The Kier molecular flexibility index (Phi) is 5.27. The van der Waals surface area contributed by atoms with Crippen LogP contribution >= 0.6 is 11.6 Å². The van der Waals surface area contributed by atoms with E-state index in [0.717, 1.165) is 10.5 Å². The van der Waals surface area contributed by atoms with Crippen molar-refractivity contribution < 1.29 is 14.5 Å². The fourth-order valence-electron chi connectivity index (χ4n) is 3.30. The van der Waals surface area contributed by atoms with Gasteiger partial charge in [-0.25, -0.2) is 4.90 Å². The van der Waals surface area contributed by atoms with E-state index >= 15 is 0 Å². The van der Waals surface area contributed by atoms with Crippen LogP contribution in [0.5, 0.6) is 0 Å². The van der Waals surface area contributed by atoms with E-state index in [1.807, 2.05) is 19.1 Å². The molecule has 0 aromatic heterocycles. The van der Waals surface area contributed by atoms with Gasteiger partial charge in [0, 0.05) is 17.8 Å². The predicted molar refractivity (Wildman–Crippen MR) is 119 cm³/mol. The van der Waals surface area contributed by atoms with Gasteiger partial charge in [-0.1, -0.05) is 41.4 Å². The Morgan fingerprint density at radius 2 is 1.55 bits per heavy atom. The monoisotopic (exact) mass is 433 g/mol. The van der Waals surface area contributed by atoms with Gasteiger partial charge in [0.05, 0.1) is 21.2 Å². The SMILES string of the molecule is Cc1ccc(NC2=C(c3ccc([N+](=O)[O-])cc3)C(=O)N(c3ccccc3Cl)C2=O)cc1. The van der Waals surface area contributed by atoms with Crippen LogP contribution in [0.1, 0.15) is 11.1 Å². The first-order chi connectivity index (χ1) is 14.9. The number of nitrogens with one attached hydrogen (secondary N) is 1. The summed E-state index contributed by atoms with van der Waals surface area (Å²) in [4.78, 5) is 38.2. The number of non-ortho nitro benzene ring substituents is 1. The minimum absolute atomic E-state index is 0.0719. The lowest BCUT2D eigenvalue weighted by Crippen LogP contribution is -2.32. The van der Waals surface area contributed by atoms with Crippen molar-refractivity contribution in [3.05, 3.63) is 105 Å². The molecular formula is C23H16ClN3O4.